The topological polar surface area (TPSA) is 108 Å². The number of aliphatic imine (C=N–C) groups is 1. The van der Waals surface area contributed by atoms with Crippen LogP contribution >= 0.6 is 0 Å². The Bertz CT molecular complexity index is 1270. The molecule has 0 unspecified atom stereocenters. The van der Waals surface area contributed by atoms with Crippen molar-refractivity contribution in [2.24, 2.45) is 4.99 Å². The number of amidine groups is 1. The molecule has 0 saturated carbocycles. The van der Waals surface area contributed by atoms with Crippen molar-refractivity contribution in [3.8, 4) is 0 Å². The van der Waals surface area contributed by atoms with Crippen LogP contribution in [-0.4, -0.2) is 61.8 Å². The van der Waals surface area contributed by atoms with Crippen LogP contribution in [-0.2, 0) is 19.6 Å². The Hall–Kier alpha value is -2.72. The minimum absolute atomic E-state index is 0.101. The number of carbonyl (C=O) groups excluding carboxylic acids is 2. The number of anilines is 1. The van der Waals surface area contributed by atoms with E-state index in [1.807, 2.05) is 46.8 Å². The molecule has 3 rings (SSSR count). The number of hydrogen-bond donors (Lipinski definition) is 1. The van der Waals surface area contributed by atoms with E-state index in [4.69, 9.17) is 9.73 Å². The molecule has 0 radical (unpaired) electrons. The van der Waals surface area contributed by atoms with Crippen LogP contribution in [0.1, 0.15) is 109 Å². The predicted molar refractivity (Wildman–Crippen MR) is 170 cm³/mol. The van der Waals surface area contributed by atoms with Gasteiger partial charge in [-0.1, -0.05) is 45.4 Å². The van der Waals surface area contributed by atoms with E-state index in [9.17, 15) is 18.0 Å². The smallest absolute Gasteiger partial charge is 0.414 e. The molecule has 2 heterocycles. The van der Waals surface area contributed by atoms with Crippen molar-refractivity contribution in [3.05, 3.63) is 34.2 Å². The van der Waals surface area contributed by atoms with Gasteiger partial charge in [-0.15, -0.1) is 0 Å². The van der Waals surface area contributed by atoms with E-state index in [1.165, 1.54) is 46.7 Å². The van der Waals surface area contributed by atoms with Gasteiger partial charge in [-0.3, -0.25) is 14.7 Å². The molecule has 1 aromatic carbocycles. The zero-order valence-electron chi connectivity index (χ0n) is 26.6. The summed E-state index contributed by atoms with van der Waals surface area (Å²) >= 11 is 0. The van der Waals surface area contributed by atoms with E-state index in [2.05, 4.69) is 12.2 Å². The number of nitrogens with zero attached hydrogens (tertiary/aromatic N) is 3. The van der Waals surface area contributed by atoms with Crippen molar-refractivity contribution in [2.45, 2.75) is 117 Å². The molecule has 2 aliphatic heterocycles. The van der Waals surface area contributed by atoms with Gasteiger partial charge in [0, 0.05) is 37.7 Å². The minimum atomic E-state index is -3.69. The number of carbonyl (C=O) groups is 2. The van der Waals surface area contributed by atoms with Crippen LogP contribution in [0.5, 0.6) is 0 Å². The molecule has 0 bridgehead atoms. The normalized spacial score (nSPS) is 17.5. The lowest BCUT2D eigenvalue weighted by Crippen LogP contribution is -2.50. The zero-order valence-corrected chi connectivity index (χ0v) is 27.4. The van der Waals surface area contributed by atoms with Gasteiger partial charge in [-0.25, -0.2) is 13.2 Å². The fraction of sp³-hybridized carbons (Fsp3) is 0.656. The molecule has 10 heteroatoms. The second-order valence-corrected chi connectivity index (χ2v) is 14.5. The Morgan fingerprint density at radius 1 is 1.07 bits per heavy atom. The fourth-order valence-corrected chi connectivity index (χ4v) is 6.66. The van der Waals surface area contributed by atoms with Crippen LogP contribution < -0.4 is 10.2 Å². The van der Waals surface area contributed by atoms with Crippen molar-refractivity contribution < 1.29 is 22.7 Å². The average molecular weight is 603 g/mol. The van der Waals surface area contributed by atoms with Crippen molar-refractivity contribution in [3.63, 3.8) is 0 Å². The van der Waals surface area contributed by atoms with E-state index in [0.29, 0.717) is 18.5 Å². The number of benzene rings is 1. The number of aryl methyl sites for hydroxylation is 2. The number of piperidine rings is 1. The fourth-order valence-electron chi connectivity index (χ4n) is 5.49. The lowest BCUT2D eigenvalue weighted by molar-refractivity contribution is -0.124. The third-order valence-corrected chi connectivity index (χ3v) is 9.56. The van der Waals surface area contributed by atoms with E-state index in [1.54, 1.807) is 13.1 Å². The van der Waals surface area contributed by atoms with Gasteiger partial charge in [0.1, 0.15) is 17.0 Å². The van der Waals surface area contributed by atoms with Crippen molar-refractivity contribution >= 4 is 39.6 Å². The summed E-state index contributed by atoms with van der Waals surface area (Å²) in [6.45, 7) is 11.9. The van der Waals surface area contributed by atoms with Gasteiger partial charge in [-0.2, -0.15) is 4.31 Å². The summed E-state index contributed by atoms with van der Waals surface area (Å²) in [5.41, 5.74) is 1.68. The van der Waals surface area contributed by atoms with E-state index < -0.39 is 27.3 Å². The third kappa shape index (κ3) is 8.89. The molecule has 1 spiro atoms. The number of unbranched alkanes of at least 4 members (excludes halogenated alkanes) is 6. The van der Waals surface area contributed by atoms with Crippen LogP contribution in [0.3, 0.4) is 0 Å². The Morgan fingerprint density at radius 3 is 2.21 bits per heavy atom. The van der Waals surface area contributed by atoms with Gasteiger partial charge in [-0.05, 0) is 88.8 Å². The lowest BCUT2D eigenvalue weighted by Gasteiger charge is -2.34. The summed E-state index contributed by atoms with van der Waals surface area (Å²) in [6.07, 6.45) is 11.1. The van der Waals surface area contributed by atoms with Gasteiger partial charge < -0.3 is 10.1 Å². The summed E-state index contributed by atoms with van der Waals surface area (Å²) in [5.74, 6) is 0.646. The highest BCUT2D eigenvalue weighted by molar-refractivity contribution is 7.92. The van der Waals surface area contributed by atoms with E-state index >= 15 is 0 Å². The zero-order chi connectivity index (χ0) is 31.1. The van der Waals surface area contributed by atoms with Crippen molar-refractivity contribution in [1.29, 1.82) is 0 Å². The highest BCUT2D eigenvalue weighted by Gasteiger charge is 2.46. The summed E-state index contributed by atoms with van der Waals surface area (Å²) < 4.78 is 33.4. The Morgan fingerprint density at radius 2 is 1.64 bits per heavy atom. The molecule has 1 aromatic rings. The summed E-state index contributed by atoms with van der Waals surface area (Å²) in [6, 6.07) is 3.68. The van der Waals surface area contributed by atoms with Crippen LogP contribution in [0.4, 0.5) is 10.5 Å². The summed E-state index contributed by atoms with van der Waals surface area (Å²) in [5, 5.41) is 4.20. The first-order valence-corrected chi connectivity index (χ1v) is 16.8. The number of sulfonamides is 1. The molecular weight excluding hydrogens is 552 g/mol. The van der Waals surface area contributed by atoms with Crippen molar-refractivity contribution in [2.75, 3.05) is 25.0 Å². The maximum Gasteiger partial charge on any atom is 0.414 e. The molecule has 2 amide bonds. The molecule has 42 heavy (non-hydrogen) atoms. The first kappa shape index (κ1) is 33.8. The van der Waals surface area contributed by atoms with Gasteiger partial charge in [0.2, 0.25) is 10.0 Å². The summed E-state index contributed by atoms with van der Waals surface area (Å²) in [4.78, 5) is 31.6. The second-order valence-electron chi connectivity index (χ2n) is 12.7. The van der Waals surface area contributed by atoms with Crippen LogP contribution in [0.2, 0.25) is 0 Å². The van der Waals surface area contributed by atoms with E-state index in [0.717, 1.165) is 41.8 Å². The first-order chi connectivity index (χ1) is 19.7. The van der Waals surface area contributed by atoms with Crippen LogP contribution in [0.25, 0.3) is 6.08 Å². The number of rotatable bonds is 12. The lowest BCUT2D eigenvalue weighted by atomic mass is 9.89. The third-order valence-electron chi connectivity index (χ3n) is 8.00. The quantitative estimate of drug-likeness (QED) is 0.276. The predicted octanol–water partition coefficient (Wildman–Crippen LogP) is 6.48. The number of hydrogen-bond acceptors (Lipinski definition) is 6. The molecule has 0 atom stereocenters. The Kier molecular flexibility index (Phi) is 11.4. The maximum absolute atomic E-state index is 13.2. The standard InChI is InChI=1S/C32H50N4O5S/c1-8-9-10-11-12-13-14-15-28-33-29(37)32(34-28)17-19-36(20-18-32)42(39,40)21-16-27-24(2)22-26(23-25(27)3)35(7)30(38)41-31(4,5)6/h16,21-23H,8-15,17-20H2,1-7H3,(H,33,34,37). The Balaban J connectivity index is 1.59. The van der Waals surface area contributed by atoms with Gasteiger partial charge in [0.15, 0.2) is 0 Å². The minimum Gasteiger partial charge on any atom is -0.443 e. The average Bonchev–Trinajstić information content (AvgIpc) is 3.20. The molecule has 9 nitrogen and oxygen atoms in total. The molecule has 1 N–H and O–H groups in total. The monoisotopic (exact) mass is 602 g/mol. The highest BCUT2D eigenvalue weighted by Crippen LogP contribution is 2.32. The molecule has 234 valence electrons. The Labute approximate surface area is 252 Å². The maximum atomic E-state index is 13.2. The van der Waals surface area contributed by atoms with Gasteiger partial charge in [0.25, 0.3) is 5.91 Å². The SMILES string of the molecule is CCCCCCCCCC1=NC2(CCN(S(=O)(=O)C=Cc3c(C)cc(N(C)C(=O)OC(C)(C)C)cc3C)CC2)C(=O)N1. The molecular formula is C32H50N4O5S. The molecule has 0 aromatic heterocycles. The number of amides is 2. The van der Waals surface area contributed by atoms with Gasteiger partial charge in [0.05, 0.1) is 0 Å². The molecule has 1 fully saturated rings. The molecule has 2 aliphatic rings. The van der Waals surface area contributed by atoms with Crippen molar-refractivity contribution in [1.82, 2.24) is 9.62 Å². The number of nitrogens with one attached hydrogen (secondary N) is 1. The highest BCUT2D eigenvalue weighted by atomic mass is 32.2. The summed E-state index contributed by atoms with van der Waals surface area (Å²) in [7, 11) is -2.04. The molecule has 1 saturated heterocycles. The van der Waals surface area contributed by atoms with Crippen LogP contribution in [0, 0.1) is 13.8 Å². The molecule has 0 aliphatic carbocycles. The largest absolute Gasteiger partial charge is 0.443 e. The second kappa shape index (κ2) is 14.2. The van der Waals surface area contributed by atoms with E-state index in [-0.39, 0.29) is 19.0 Å². The van der Waals surface area contributed by atoms with Gasteiger partial charge >= 0.3 is 6.09 Å². The first-order valence-electron chi connectivity index (χ1n) is 15.3. The number of ether oxygens (including phenoxy) is 1. The van der Waals surface area contributed by atoms with Crippen LogP contribution in [0.15, 0.2) is 22.5 Å².